The molecule has 0 amide bonds. The Kier molecular flexibility index (Phi) is 8.07. The van der Waals surface area contributed by atoms with Gasteiger partial charge in [0, 0.05) is 6.04 Å². The number of hydrogen-bond acceptors (Lipinski definition) is 2. The van der Waals surface area contributed by atoms with E-state index in [2.05, 4.69) is 46.9 Å². The molecule has 2 nitrogen and oxygen atoms in total. The molecule has 0 bridgehead atoms. The summed E-state index contributed by atoms with van der Waals surface area (Å²) in [6.07, 6.45) is 2.65. The van der Waals surface area contributed by atoms with Crippen molar-refractivity contribution >= 4 is 0 Å². The van der Waals surface area contributed by atoms with Gasteiger partial charge in [0.2, 0.25) is 0 Å². The average Bonchev–Trinajstić information content (AvgIpc) is 2.17. The highest BCUT2D eigenvalue weighted by Crippen LogP contribution is 2.10. The van der Waals surface area contributed by atoms with Crippen LogP contribution in [0.1, 0.15) is 54.4 Å². The maximum absolute atomic E-state index is 5.82. The summed E-state index contributed by atoms with van der Waals surface area (Å²) in [6, 6.07) is 0.578. The van der Waals surface area contributed by atoms with Crippen LogP contribution in [0.3, 0.4) is 0 Å². The van der Waals surface area contributed by atoms with Gasteiger partial charge in [0.1, 0.15) is 0 Å². The fourth-order valence-electron chi connectivity index (χ4n) is 1.90. The summed E-state index contributed by atoms with van der Waals surface area (Å²) in [4.78, 5) is 0. The third kappa shape index (κ3) is 6.16. The van der Waals surface area contributed by atoms with Gasteiger partial charge in [-0.1, -0.05) is 41.5 Å². The Morgan fingerprint density at radius 2 is 1.53 bits per heavy atom. The first-order chi connectivity index (χ1) is 7.02. The molecule has 0 aliphatic carbocycles. The molecule has 0 aromatic carbocycles. The van der Waals surface area contributed by atoms with Gasteiger partial charge in [-0.05, 0) is 24.7 Å². The highest BCUT2D eigenvalue weighted by molar-refractivity contribution is 4.67. The van der Waals surface area contributed by atoms with E-state index in [1.165, 1.54) is 6.42 Å². The highest BCUT2D eigenvalue weighted by Gasteiger charge is 2.13. The summed E-state index contributed by atoms with van der Waals surface area (Å²) >= 11 is 0. The van der Waals surface area contributed by atoms with Crippen molar-refractivity contribution in [2.24, 2.45) is 11.8 Å². The van der Waals surface area contributed by atoms with Crippen LogP contribution in [-0.4, -0.2) is 18.9 Å². The van der Waals surface area contributed by atoms with Crippen molar-refractivity contribution in [3.63, 3.8) is 0 Å². The average molecular weight is 215 g/mol. The number of ether oxygens (including phenoxy) is 1. The molecular weight excluding hydrogens is 186 g/mol. The highest BCUT2D eigenvalue weighted by atomic mass is 16.5. The topological polar surface area (TPSA) is 21.3 Å². The Hall–Kier alpha value is -0.0800. The predicted octanol–water partition coefficient (Wildman–Crippen LogP) is 3.42. The minimum atomic E-state index is 0.391. The molecule has 0 aromatic rings. The van der Waals surface area contributed by atoms with Crippen LogP contribution in [0.5, 0.6) is 0 Å². The van der Waals surface area contributed by atoms with Crippen molar-refractivity contribution in [2.45, 2.75) is 66.5 Å². The molecule has 0 rings (SSSR count). The summed E-state index contributed by atoms with van der Waals surface area (Å²) in [5.74, 6) is 1.29. The van der Waals surface area contributed by atoms with Gasteiger partial charge in [0.25, 0.3) is 0 Å². The van der Waals surface area contributed by atoms with E-state index in [9.17, 15) is 0 Å². The first-order valence-electron chi connectivity index (χ1n) is 6.37. The normalized spacial score (nSPS) is 16.0. The largest absolute Gasteiger partial charge is 0.363 e. The van der Waals surface area contributed by atoms with Crippen molar-refractivity contribution in [3.05, 3.63) is 0 Å². The Morgan fingerprint density at radius 3 is 1.87 bits per heavy atom. The molecule has 0 spiro atoms. The molecule has 92 valence electrons. The second-order valence-electron chi connectivity index (χ2n) is 4.96. The van der Waals surface area contributed by atoms with Crippen molar-refractivity contribution in [1.82, 2.24) is 5.32 Å². The summed E-state index contributed by atoms with van der Waals surface area (Å²) in [7, 11) is 0. The standard InChI is InChI=1S/C13H29NO/c1-7-12(10(3)4)14-9-15-13(8-2)11(5)6/h10-14H,7-9H2,1-6H3. The van der Waals surface area contributed by atoms with Crippen molar-refractivity contribution in [1.29, 1.82) is 0 Å². The van der Waals surface area contributed by atoms with Crippen LogP contribution < -0.4 is 5.32 Å². The van der Waals surface area contributed by atoms with Crippen LogP contribution >= 0.6 is 0 Å². The zero-order valence-electron chi connectivity index (χ0n) is 11.3. The summed E-state index contributed by atoms with van der Waals surface area (Å²) in [5, 5.41) is 3.47. The maximum Gasteiger partial charge on any atom is 0.0971 e. The Labute approximate surface area is 95.8 Å². The van der Waals surface area contributed by atoms with Gasteiger partial charge in [-0.15, -0.1) is 0 Å². The second-order valence-corrected chi connectivity index (χ2v) is 4.96. The van der Waals surface area contributed by atoms with Crippen molar-refractivity contribution in [2.75, 3.05) is 6.73 Å². The molecule has 0 heterocycles. The smallest absolute Gasteiger partial charge is 0.0971 e. The van der Waals surface area contributed by atoms with Crippen LogP contribution in [0.4, 0.5) is 0 Å². The maximum atomic E-state index is 5.82. The predicted molar refractivity (Wildman–Crippen MR) is 66.9 cm³/mol. The lowest BCUT2D eigenvalue weighted by molar-refractivity contribution is 0.00265. The van der Waals surface area contributed by atoms with E-state index in [4.69, 9.17) is 4.74 Å². The SMILES string of the molecule is CCC(NCOC(CC)C(C)C)C(C)C. The van der Waals surface area contributed by atoms with E-state index < -0.39 is 0 Å². The third-order valence-electron chi connectivity index (χ3n) is 3.03. The zero-order chi connectivity index (χ0) is 11.8. The second kappa shape index (κ2) is 8.12. The fourth-order valence-corrected chi connectivity index (χ4v) is 1.90. The quantitative estimate of drug-likeness (QED) is 0.626. The molecular formula is C13H29NO. The minimum Gasteiger partial charge on any atom is -0.363 e. The summed E-state index contributed by atoms with van der Waals surface area (Å²) in [6.45, 7) is 14.0. The van der Waals surface area contributed by atoms with E-state index in [1.807, 2.05) is 0 Å². The Bertz CT molecular complexity index is 129. The number of rotatable bonds is 8. The molecule has 0 saturated carbocycles. The molecule has 0 fully saturated rings. The monoisotopic (exact) mass is 215 g/mol. The zero-order valence-corrected chi connectivity index (χ0v) is 11.3. The van der Waals surface area contributed by atoms with Crippen LogP contribution in [0, 0.1) is 11.8 Å². The molecule has 1 N–H and O–H groups in total. The molecule has 0 aliphatic rings. The van der Waals surface area contributed by atoms with E-state index in [1.54, 1.807) is 0 Å². The fraction of sp³-hybridized carbons (Fsp3) is 1.00. The lowest BCUT2D eigenvalue weighted by atomic mass is 10.0. The molecule has 2 heteroatoms. The van der Waals surface area contributed by atoms with Crippen LogP contribution in [0.2, 0.25) is 0 Å². The molecule has 0 aliphatic heterocycles. The van der Waals surface area contributed by atoms with Crippen LogP contribution in [0.25, 0.3) is 0 Å². The first kappa shape index (κ1) is 14.9. The molecule has 0 saturated heterocycles. The lowest BCUT2D eigenvalue weighted by Crippen LogP contribution is -2.37. The van der Waals surface area contributed by atoms with E-state index in [0.717, 1.165) is 6.42 Å². The number of nitrogens with one attached hydrogen (secondary N) is 1. The Balaban J connectivity index is 3.75. The van der Waals surface area contributed by atoms with Gasteiger partial charge >= 0.3 is 0 Å². The first-order valence-corrected chi connectivity index (χ1v) is 6.37. The minimum absolute atomic E-state index is 0.391. The van der Waals surface area contributed by atoms with Gasteiger partial charge < -0.3 is 4.74 Å². The van der Waals surface area contributed by atoms with Gasteiger partial charge in [0.15, 0.2) is 0 Å². The number of hydrogen-bond donors (Lipinski definition) is 1. The van der Waals surface area contributed by atoms with Crippen LogP contribution in [0.15, 0.2) is 0 Å². The molecule has 2 unspecified atom stereocenters. The van der Waals surface area contributed by atoms with Gasteiger partial charge in [-0.3, -0.25) is 5.32 Å². The van der Waals surface area contributed by atoms with Gasteiger partial charge in [-0.25, -0.2) is 0 Å². The lowest BCUT2D eigenvalue weighted by Gasteiger charge is -2.24. The summed E-state index contributed by atoms with van der Waals surface area (Å²) in [5.41, 5.74) is 0. The van der Waals surface area contributed by atoms with Crippen molar-refractivity contribution < 1.29 is 4.74 Å². The molecule has 15 heavy (non-hydrogen) atoms. The Morgan fingerprint density at radius 1 is 0.933 bits per heavy atom. The molecule has 2 atom stereocenters. The van der Waals surface area contributed by atoms with E-state index in [-0.39, 0.29) is 0 Å². The van der Waals surface area contributed by atoms with Crippen LogP contribution in [-0.2, 0) is 4.74 Å². The van der Waals surface area contributed by atoms with Gasteiger partial charge in [-0.2, -0.15) is 0 Å². The van der Waals surface area contributed by atoms with Gasteiger partial charge in [0.05, 0.1) is 12.8 Å². The third-order valence-corrected chi connectivity index (χ3v) is 3.03. The molecule has 0 radical (unpaired) electrons. The van der Waals surface area contributed by atoms with E-state index >= 15 is 0 Å². The van der Waals surface area contributed by atoms with Crippen molar-refractivity contribution in [3.8, 4) is 0 Å². The summed E-state index contributed by atoms with van der Waals surface area (Å²) < 4.78 is 5.82. The van der Waals surface area contributed by atoms with E-state index in [0.29, 0.717) is 30.7 Å². The molecule has 0 aromatic heterocycles.